The predicted molar refractivity (Wildman–Crippen MR) is 76.5 cm³/mol. The fourth-order valence-electron chi connectivity index (χ4n) is 1.62. The number of aromatic carboxylic acids is 1. The molecule has 0 saturated carbocycles. The topological polar surface area (TPSA) is 98.3 Å². The van der Waals surface area contributed by atoms with Gasteiger partial charge in [-0.1, -0.05) is 23.2 Å². The minimum Gasteiger partial charge on any atom is -1.00 e. The number of nitrogen functional groups attached to an aromatic ring is 1. The van der Waals surface area contributed by atoms with Crippen molar-refractivity contribution in [3.63, 3.8) is 0 Å². The number of nitrogens with two attached hydrogens (primary N) is 1. The summed E-state index contributed by atoms with van der Waals surface area (Å²) >= 11 is 11.5. The molecule has 1 aromatic heterocycles. The van der Waals surface area contributed by atoms with E-state index in [0.29, 0.717) is 0 Å². The molecule has 2 aromatic rings. The summed E-state index contributed by atoms with van der Waals surface area (Å²) in [6.07, 6.45) is 0. The number of aromatic nitrogens is 2. The molecule has 1 aromatic carbocycles. The predicted octanol–water partition coefficient (Wildman–Crippen LogP) is -0.00500. The second-order valence-corrected chi connectivity index (χ2v) is 4.63. The Bertz CT molecular complexity index is 752. The monoisotopic (exact) mass is 371 g/mol. The molecule has 0 amide bonds. The summed E-state index contributed by atoms with van der Waals surface area (Å²) in [4.78, 5) is 18.5. The molecule has 112 valence electrons. The third-order valence-corrected chi connectivity index (χ3v) is 3.24. The summed E-state index contributed by atoms with van der Waals surface area (Å²) in [5.74, 6) is -2.95. The third kappa shape index (κ3) is 3.70. The first kappa shape index (κ1) is 19.6. The summed E-state index contributed by atoms with van der Waals surface area (Å²) < 4.78 is 19.1. The molecule has 0 saturated heterocycles. The molecule has 10 heteroatoms. The van der Waals surface area contributed by atoms with Crippen molar-refractivity contribution in [1.29, 1.82) is 0 Å². The van der Waals surface area contributed by atoms with Gasteiger partial charge in [0.15, 0.2) is 23.1 Å². The number of hydrogen-bond donors (Lipinski definition) is 2. The Balaban J connectivity index is 0.00000242. The molecular weight excluding hydrogens is 363 g/mol. The Morgan fingerprint density at radius 1 is 1.41 bits per heavy atom. The summed E-state index contributed by atoms with van der Waals surface area (Å²) in [6.45, 7) is 0. The Morgan fingerprint density at radius 2 is 2.05 bits per heavy atom. The van der Waals surface area contributed by atoms with Crippen molar-refractivity contribution in [3.05, 3.63) is 33.7 Å². The number of halogens is 3. The van der Waals surface area contributed by atoms with Gasteiger partial charge in [-0.25, -0.2) is 19.2 Å². The zero-order chi connectivity index (χ0) is 15.7. The first-order chi connectivity index (χ1) is 9.86. The van der Waals surface area contributed by atoms with Crippen molar-refractivity contribution in [3.8, 4) is 17.1 Å². The minimum atomic E-state index is -1.41. The van der Waals surface area contributed by atoms with Crippen LogP contribution in [-0.2, 0) is 0 Å². The van der Waals surface area contributed by atoms with Crippen LogP contribution in [0.15, 0.2) is 12.1 Å². The number of rotatable bonds is 3. The van der Waals surface area contributed by atoms with Crippen molar-refractivity contribution in [1.82, 2.24) is 9.97 Å². The van der Waals surface area contributed by atoms with Crippen molar-refractivity contribution in [2.75, 3.05) is 12.8 Å². The fourth-order valence-corrected chi connectivity index (χ4v) is 2.01. The van der Waals surface area contributed by atoms with E-state index in [1.807, 2.05) is 0 Å². The van der Waals surface area contributed by atoms with E-state index in [9.17, 15) is 9.18 Å². The van der Waals surface area contributed by atoms with Crippen molar-refractivity contribution in [2.24, 2.45) is 0 Å². The molecule has 3 N–H and O–H groups in total. The number of anilines is 1. The fraction of sp³-hybridized carbons (Fsp3) is 0.0833. The first-order valence-corrected chi connectivity index (χ1v) is 6.21. The van der Waals surface area contributed by atoms with Gasteiger partial charge >= 0.3 is 57.4 Å². The molecule has 1 heterocycles. The maximum absolute atomic E-state index is 14.3. The van der Waals surface area contributed by atoms with Gasteiger partial charge in [-0.2, -0.15) is 0 Å². The van der Waals surface area contributed by atoms with E-state index in [1.165, 1.54) is 19.2 Å². The van der Waals surface area contributed by atoms with Crippen LogP contribution >= 0.6 is 23.2 Å². The number of benzene rings is 1. The van der Waals surface area contributed by atoms with Crippen LogP contribution in [0.2, 0.25) is 10.0 Å². The minimum absolute atomic E-state index is 0. The van der Waals surface area contributed by atoms with Gasteiger partial charge in [0.1, 0.15) is 10.8 Å². The average molecular weight is 372 g/mol. The number of carbonyl (C=O) groups is 1. The van der Waals surface area contributed by atoms with Crippen LogP contribution in [0.5, 0.6) is 5.75 Å². The molecule has 0 spiro atoms. The van der Waals surface area contributed by atoms with Crippen molar-refractivity contribution < 1.29 is 71.8 Å². The molecule has 0 aliphatic heterocycles. The summed E-state index contributed by atoms with van der Waals surface area (Å²) in [6, 6.07) is 2.65. The van der Waals surface area contributed by atoms with Crippen LogP contribution in [0.25, 0.3) is 11.4 Å². The Labute approximate surface area is 178 Å². The summed E-state index contributed by atoms with van der Waals surface area (Å²) in [5, 5.41) is 8.75. The van der Waals surface area contributed by atoms with Crippen LogP contribution in [0, 0.1) is 5.82 Å². The van der Waals surface area contributed by atoms with E-state index in [2.05, 4.69) is 9.97 Å². The first-order valence-electron chi connectivity index (χ1n) is 5.45. The van der Waals surface area contributed by atoms with Crippen molar-refractivity contribution >= 4 is 35.0 Å². The smallest absolute Gasteiger partial charge is 1.00 e. The maximum Gasteiger partial charge on any atom is 1.00 e. The van der Waals surface area contributed by atoms with Gasteiger partial charge in [0, 0.05) is 0 Å². The standard InChI is InChI=1S/C12H8Cl2FN3O3.K.H/c1-21-9-5(13)3-2-4(7(9)15)11-17-8(12(19)20)6(14)10(16)18-11;;/h2-3H,1H3,(H,19,20)(H2,16,17,18);;/q;+1;-1. The summed E-state index contributed by atoms with van der Waals surface area (Å²) in [5.41, 5.74) is 4.89. The number of carboxylic acid groups (broad SMARTS) is 1. The van der Waals surface area contributed by atoms with Crippen LogP contribution < -0.4 is 61.9 Å². The van der Waals surface area contributed by atoms with Gasteiger partial charge in [-0.05, 0) is 12.1 Å². The molecule has 0 bridgehead atoms. The SMILES string of the molecule is COc1c(Cl)ccc(-c2nc(N)c(Cl)c(C(=O)O)n2)c1F.[H-].[K+]. The van der Waals surface area contributed by atoms with Gasteiger partial charge in [-0.3, -0.25) is 0 Å². The van der Waals surface area contributed by atoms with Crippen LogP contribution in [0.4, 0.5) is 10.2 Å². The quantitative estimate of drug-likeness (QED) is 0.736. The molecule has 0 aliphatic rings. The molecule has 6 nitrogen and oxygen atoms in total. The molecule has 0 unspecified atom stereocenters. The van der Waals surface area contributed by atoms with E-state index in [0.717, 1.165) is 0 Å². The van der Waals surface area contributed by atoms with Crippen LogP contribution in [-0.4, -0.2) is 28.2 Å². The van der Waals surface area contributed by atoms with E-state index in [4.69, 9.17) is 38.8 Å². The second kappa shape index (κ2) is 7.87. The molecule has 0 radical (unpaired) electrons. The Kier molecular flexibility index (Phi) is 7.00. The second-order valence-electron chi connectivity index (χ2n) is 3.84. The van der Waals surface area contributed by atoms with Gasteiger partial charge in [-0.15, -0.1) is 0 Å². The zero-order valence-corrected chi connectivity index (χ0v) is 16.2. The molecule has 0 aliphatic carbocycles. The molecule has 0 fully saturated rings. The average Bonchev–Trinajstić information content (AvgIpc) is 2.42. The normalized spacial score (nSPS) is 10.0. The number of carboxylic acids is 1. The van der Waals surface area contributed by atoms with E-state index >= 15 is 0 Å². The van der Waals surface area contributed by atoms with Crippen LogP contribution in [0.1, 0.15) is 11.9 Å². The van der Waals surface area contributed by atoms with Gasteiger partial charge < -0.3 is 17.0 Å². The maximum atomic E-state index is 14.3. The van der Waals surface area contributed by atoms with Gasteiger partial charge in [0.2, 0.25) is 0 Å². The summed E-state index contributed by atoms with van der Waals surface area (Å²) in [7, 11) is 1.24. The number of nitrogens with zero attached hydrogens (tertiary/aromatic N) is 2. The van der Waals surface area contributed by atoms with E-state index in [1.54, 1.807) is 0 Å². The molecular formula is C12H9Cl2FKN3O3. The molecule has 22 heavy (non-hydrogen) atoms. The number of ether oxygens (including phenoxy) is 1. The number of hydrogen-bond acceptors (Lipinski definition) is 5. The van der Waals surface area contributed by atoms with Gasteiger partial charge in [0.25, 0.3) is 0 Å². The Morgan fingerprint density at radius 3 is 2.59 bits per heavy atom. The van der Waals surface area contributed by atoms with Crippen molar-refractivity contribution in [2.45, 2.75) is 0 Å². The van der Waals surface area contributed by atoms with Gasteiger partial charge in [0.05, 0.1) is 17.7 Å². The third-order valence-electron chi connectivity index (χ3n) is 2.57. The zero-order valence-electron chi connectivity index (χ0n) is 12.5. The Hall–Kier alpha value is -0.484. The molecule has 0 atom stereocenters. The van der Waals surface area contributed by atoms with Crippen LogP contribution in [0.3, 0.4) is 0 Å². The largest absolute Gasteiger partial charge is 1.00 e. The van der Waals surface area contributed by atoms with E-state index < -0.39 is 17.5 Å². The number of methoxy groups -OCH3 is 1. The molecule has 2 rings (SSSR count). The van der Waals surface area contributed by atoms with E-state index in [-0.39, 0.29) is 85.8 Å².